The number of amides is 4. The molecule has 2 atom stereocenters. The van der Waals surface area contributed by atoms with E-state index < -0.39 is 11.6 Å². The summed E-state index contributed by atoms with van der Waals surface area (Å²) < 4.78 is 10.8. The van der Waals surface area contributed by atoms with Crippen molar-refractivity contribution in [2.24, 2.45) is 11.8 Å². The Hall–Kier alpha value is -2.77. The quantitative estimate of drug-likeness (QED) is 0.671. The topological polar surface area (TPSA) is 88.2 Å². The lowest BCUT2D eigenvalue weighted by atomic mass is 9.78. The van der Waals surface area contributed by atoms with E-state index in [2.05, 4.69) is 5.32 Å². The molecule has 31 heavy (non-hydrogen) atoms. The highest BCUT2D eigenvalue weighted by Gasteiger charge is 2.53. The first kappa shape index (κ1) is 22.9. The van der Waals surface area contributed by atoms with Crippen LogP contribution in [0.15, 0.2) is 18.2 Å². The fraction of sp³-hybridized carbons (Fsp3) is 0.609. The third kappa shape index (κ3) is 4.20. The molecule has 1 N–H and O–H groups in total. The summed E-state index contributed by atoms with van der Waals surface area (Å²) in [6.07, 6.45) is 2.18. The first-order valence-electron chi connectivity index (χ1n) is 10.9. The molecule has 2 fully saturated rings. The molecule has 2 heterocycles. The molecule has 0 bridgehead atoms. The molecular weight excluding hydrogens is 398 g/mol. The summed E-state index contributed by atoms with van der Waals surface area (Å²) in [5.74, 6) is 0.966. The maximum absolute atomic E-state index is 13.4. The first-order valence-corrected chi connectivity index (χ1v) is 10.9. The Bertz CT molecular complexity index is 850. The molecule has 2 aliphatic rings. The van der Waals surface area contributed by atoms with Crippen molar-refractivity contribution >= 4 is 17.8 Å². The van der Waals surface area contributed by atoms with E-state index >= 15 is 0 Å². The van der Waals surface area contributed by atoms with E-state index in [1.807, 2.05) is 24.8 Å². The highest BCUT2D eigenvalue weighted by Crippen LogP contribution is 2.36. The van der Waals surface area contributed by atoms with Gasteiger partial charge in [-0.05, 0) is 38.2 Å². The fourth-order valence-corrected chi connectivity index (χ4v) is 4.55. The summed E-state index contributed by atoms with van der Waals surface area (Å²) in [5, 5.41) is 2.93. The molecule has 3 rings (SSSR count). The van der Waals surface area contributed by atoms with E-state index in [9.17, 15) is 14.4 Å². The van der Waals surface area contributed by atoms with E-state index in [4.69, 9.17) is 9.47 Å². The van der Waals surface area contributed by atoms with Crippen molar-refractivity contribution in [2.75, 3.05) is 27.3 Å². The molecule has 2 aliphatic heterocycles. The zero-order valence-corrected chi connectivity index (χ0v) is 19.1. The zero-order chi connectivity index (χ0) is 22.8. The van der Waals surface area contributed by atoms with Crippen LogP contribution in [-0.2, 0) is 16.1 Å². The molecule has 0 aromatic heterocycles. The van der Waals surface area contributed by atoms with Crippen LogP contribution in [-0.4, -0.2) is 60.5 Å². The Labute approximate surface area is 183 Å². The van der Waals surface area contributed by atoms with Crippen molar-refractivity contribution in [1.82, 2.24) is 15.1 Å². The number of ether oxygens (including phenoxy) is 2. The second-order valence-electron chi connectivity index (χ2n) is 8.59. The van der Waals surface area contributed by atoms with E-state index in [0.29, 0.717) is 43.0 Å². The number of likely N-dealkylation sites (tertiary alicyclic amines) is 1. The Kier molecular flexibility index (Phi) is 6.77. The van der Waals surface area contributed by atoms with Crippen LogP contribution in [0.2, 0.25) is 0 Å². The van der Waals surface area contributed by atoms with E-state index in [1.54, 1.807) is 26.2 Å². The van der Waals surface area contributed by atoms with Crippen LogP contribution in [0, 0.1) is 11.8 Å². The van der Waals surface area contributed by atoms with Gasteiger partial charge in [0, 0.05) is 24.6 Å². The SMILES string of the molecule is CC[C@@H](C)C(=O)N1CCC([C@]2(C)NC(=O)N(Cc3cccc(OC)c3OC)C2=O)CC1. The van der Waals surface area contributed by atoms with E-state index in [1.165, 1.54) is 12.0 Å². The minimum Gasteiger partial charge on any atom is -0.493 e. The van der Waals surface area contributed by atoms with Crippen molar-refractivity contribution in [2.45, 2.75) is 52.1 Å². The molecule has 2 saturated heterocycles. The highest BCUT2D eigenvalue weighted by atomic mass is 16.5. The molecule has 4 amide bonds. The van der Waals surface area contributed by atoms with Gasteiger partial charge in [-0.25, -0.2) is 4.79 Å². The van der Waals surface area contributed by atoms with Crippen LogP contribution in [0.25, 0.3) is 0 Å². The Morgan fingerprint density at radius 2 is 1.90 bits per heavy atom. The van der Waals surface area contributed by atoms with Gasteiger partial charge in [-0.3, -0.25) is 14.5 Å². The number of nitrogens with one attached hydrogen (secondary N) is 1. The van der Waals surface area contributed by atoms with Gasteiger partial charge in [-0.1, -0.05) is 26.0 Å². The molecule has 0 radical (unpaired) electrons. The predicted octanol–water partition coefficient (Wildman–Crippen LogP) is 2.80. The molecule has 0 saturated carbocycles. The molecule has 0 aliphatic carbocycles. The Morgan fingerprint density at radius 3 is 2.48 bits per heavy atom. The second-order valence-corrected chi connectivity index (χ2v) is 8.59. The van der Waals surface area contributed by atoms with Crippen LogP contribution in [0.5, 0.6) is 11.5 Å². The summed E-state index contributed by atoms with van der Waals surface area (Å²) in [6.45, 7) is 7.07. The number of methoxy groups -OCH3 is 2. The van der Waals surface area contributed by atoms with Gasteiger partial charge in [0.1, 0.15) is 5.54 Å². The van der Waals surface area contributed by atoms with Gasteiger partial charge in [0.05, 0.1) is 20.8 Å². The standard InChI is InChI=1S/C23H33N3O5/c1-6-15(2)20(27)25-12-10-17(11-13-25)23(3)21(28)26(22(29)24-23)14-16-8-7-9-18(30-4)19(16)31-5/h7-9,15,17H,6,10-14H2,1-5H3,(H,24,29)/t15-,23+/m1/s1. The summed E-state index contributed by atoms with van der Waals surface area (Å²) in [6, 6.07) is 4.98. The molecule has 8 heteroatoms. The summed E-state index contributed by atoms with van der Waals surface area (Å²) in [4.78, 5) is 41.7. The fourth-order valence-electron chi connectivity index (χ4n) is 4.55. The summed E-state index contributed by atoms with van der Waals surface area (Å²) >= 11 is 0. The third-order valence-electron chi connectivity index (χ3n) is 6.77. The largest absolute Gasteiger partial charge is 0.493 e. The average molecular weight is 432 g/mol. The molecule has 1 aromatic rings. The van der Waals surface area contributed by atoms with Gasteiger partial charge >= 0.3 is 6.03 Å². The lowest BCUT2D eigenvalue weighted by Gasteiger charge is -2.39. The van der Waals surface area contributed by atoms with Gasteiger partial charge in [-0.15, -0.1) is 0 Å². The number of hydrogen-bond acceptors (Lipinski definition) is 5. The van der Waals surface area contributed by atoms with Crippen LogP contribution < -0.4 is 14.8 Å². The number of piperidine rings is 1. The first-order chi connectivity index (χ1) is 14.8. The number of carbonyl (C=O) groups is 3. The number of urea groups is 1. The van der Waals surface area contributed by atoms with Gasteiger partial charge in [0.2, 0.25) is 5.91 Å². The monoisotopic (exact) mass is 431 g/mol. The number of nitrogens with zero attached hydrogens (tertiary/aromatic N) is 2. The Balaban J connectivity index is 1.72. The zero-order valence-electron chi connectivity index (χ0n) is 19.1. The number of imide groups is 1. The normalized spacial score (nSPS) is 23.0. The van der Waals surface area contributed by atoms with Gasteiger partial charge in [0.25, 0.3) is 5.91 Å². The molecule has 0 unspecified atom stereocenters. The predicted molar refractivity (Wildman–Crippen MR) is 116 cm³/mol. The van der Waals surface area contributed by atoms with E-state index in [-0.39, 0.29) is 30.2 Å². The summed E-state index contributed by atoms with van der Waals surface area (Å²) in [5.41, 5.74) is -0.280. The molecule has 1 aromatic carbocycles. The van der Waals surface area contributed by atoms with E-state index in [0.717, 1.165) is 6.42 Å². The van der Waals surface area contributed by atoms with Crippen LogP contribution in [0.4, 0.5) is 4.79 Å². The number of hydrogen-bond donors (Lipinski definition) is 1. The maximum atomic E-state index is 13.4. The van der Waals surface area contributed by atoms with Gasteiger partial charge in [0.15, 0.2) is 11.5 Å². The van der Waals surface area contributed by atoms with Crippen molar-refractivity contribution in [3.05, 3.63) is 23.8 Å². The van der Waals surface area contributed by atoms with Crippen molar-refractivity contribution in [3.8, 4) is 11.5 Å². The summed E-state index contributed by atoms with van der Waals surface area (Å²) in [7, 11) is 3.08. The number of para-hydroxylation sites is 1. The van der Waals surface area contributed by atoms with Crippen LogP contribution in [0.3, 0.4) is 0 Å². The maximum Gasteiger partial charge on any atom is 0.325 e. The number of rotatable bonds is 7. The van der Waals surface area contributed by atoms with Gasteiger partial charge in [-0.2, -0.15) is 0 Å². The van der Waals surface area contributed by atoms with Crippen molar-refractivity contribution in [3.63, 3.8) is 0 Å². The molecule has 8 nitrogen and oxygen atoms in total. The minimum absolute atomic E-state index is 0.00767. The number of carbonyl (C=O) groups excluding carboxylic acids is 3. The van der Waals surface area contributed by atoms with Crippen LogP contribution >= 0.6 is 0 Å². The average Bonchev–Trinajstić information content (AvgIpc) is 3.01. The lowest BCUT2D eigenvalue weighted by Crippen LogP contribution is -2.54. The highest BCUT2D eigenvalue weighted by molar-refractivity contribution is 6.07. The number of benzene rings is 1. The molecule has 0 spiro atoms. The van der Waals surface area contributed by atoms with Crippen LogP contribution in [0.1, 0.15) is 45.6 Å². The minimum atomic E-state index is -0.977. The second kappa shape index (κ2) is 9.16. The molecular formula is C23H33N3O5. The molecule has 170 valence electrons. The van der Waals surface area contributed by atoms with Gasteiger partial charge < -0.3 is 19.7 Å². The lowest BCUT2D eigenvalue weighted by molar-refractivity contribution is -0.138. The smallest absolute Gasteiger partial charge is 0.325 e. The third-order valence-corrected chi connectivity index (χ3v) is 6.77. The van der Waals surface area contributed by atoms with Crippen molar-refractivity contribution in [1.29, 1.82) is 0 Å². The Morgan fingerprint density at radius 1 is 1.23 bits per heavy atom. The van der Waals surface area contributed by atoms with Crippen molar-refractivity contribution < 1.29 is 23.9 Å².